The summed E-state index contributed by atoms with van der Waals surface area (Å²) >= 11 is 0. The maximum atomic E-state index is 13.2. The van der Waals surface area contributed by atoms with Gasteiger partial charge in [-0.15, -0.1) is 0 Å². The zero-order valence-electron chi connectivity index (χ0n) is 18.8. The topological polar surface area (TPSA) is 109 Å². The molecule has 1 saturated carbocycles. The van der Waals surface area contributed by atoms with Gasteiger partial charge in [0.05, 0.1) is 24.2 Å². The third kappa shape index (κ3) is 6.64. The predicted octanol–water partition coefficient (Wildman–Crippen LogP) is 2.81. The van der Waals surface area contributed by atoms with Crippen molar-refractivity contribution in [1.29, 1.82) is 0 Å². The van der Waals surface area contributed by atoms with E-state index < -0.39 is 34.3 Å². The molecule has 10 heteroatoms. The lowest BCUT2D eigenvalue weighted by Crippen LogP contribution is -2.55. The number of nitrogens with one attached hydrogen (secondary N) is 2. The Morgan fingerprint density at radius 2 is 1.82 bits per heavy atom. The molecule has 0 spiro atoms. The van der Waals surface area contributed by atoms with Crippen molar-refractivity contribution in [2.45, 2.75) is 63.1 Å². The Balaban J connectivity index is 1.78. The Morgan fingerprint density at radius 1 is 1.15 bits per heavy atom. The number of carbonyl (C=O) groups excluding carboxylic acids is 2. The van der Waals surface area contributed by atoms with E-state index in [1.165, 1.54) is 11.2 Å². The molecule has 2 N–H and O–H groups in total. The largest absolute Gasteiger partial charge is 0.467 e. The van der Waals surface area contributed by atoms with Gasteiger partial charge in [0, 0.05) is 6.04 Å². The van der Waals surface area contributed by atoms with E-state index in [9.17, 15) is 22.4 Å². The first-order valence-electron chi connectivity index (χ1n) is 11.0. The first-order valence-corrected chi connectivity index (χ1v) is 12.5. The second kappa shape index (κ2) is 10.9. The average molecular weight is 480 g/mol. The van der Waals surface area contributed by atoms with Crippen LogP contribution >= 0.6 is 0 Å². The Morgan fingerprint density at radius 3 is 2.39 bits per heavy atom. The van der Waals surface area contributed by atoms with E-state index in [0.717, 1.165) is 49.9 Å². The van der Waals surface area contributed by atoms with Crippen LogP contribution in [0.25, 0.3) is 0 Å². The van der Waals surface area contributed by atoms with Crippen LogP contribution in [0.15, 0.2) is 52.0 Å². The molecule has 0 bridgehead atoms. The number of sulfonamides is 1. The van der Waals surface area contributed by atoms with Crippen molar-refractivity contribution in [1.82, 2.24) is 14.9 Å². The molecule has 180 valence electrons. The fourth-order valence-corrected chi connectivity index (χ4v) is 5.00. The maximum Gasteiger partial charge on any atom is 0.243 e. The van der Waals surface area contributed by atoms with Gasteiger partial charge in [0.25, 0.3) is 0 Å². The highest BCUT2D eigenvalue weighted by Gasteiger charge is 2.35. The van der Waals surface area contributed by atoms with Crippen LogP contribution in [0.5, 0.6) is 0 Å². The van der Waals surface area contributed by atoms with E-state index in [4.69, 9.17) is 4.42 Å². The van der Waals surface area contributed by atoms with Crippen LogP contribution in [0.3, 0.4) is 0 Å². The van der Waals surface area contributed by atoms with E-state index >= 15 is 0 Å². The van der Waals surface area contributed by atoms with Gasteiger partial charge in [0.15, 0.2) is 0 Å². The Kier molecular flexibility index (Phi) is 8.25. The van der Waals surface area contributed by atoms with Crippen molar-refractivity contribution < 1.29 is 26.8 Å². The van der Waals surface area contributed by atoms with Crippen LogP contribution < -0.4 is 10.0 Å². The molecule has 0 unspecified atom stereocenters. The SMILES string of the molecule is CC(C)[C@@H](C(=O)NC1CCCC1)N(Cc1ccco1)C(=O)CNS(=O)(=O)c1ccc(F)cc1. The van der Waals surface area contributed by atoms with Gasteiger partial charge in [-0.1, -0.05) is 26.7 Å². The van der Waals surface area contributed by atoms with Gasteiger partial charge >= 0.3 is 0 Å². The zero-order chi connectivity index (χ0) is 24.0. The van der Waals surface area contributed by atoms with Crippen molar-refractivity contribution in [3.63, 3.8) is 0 Å². The summed E-state index contributed by atoms with van der Waals surface area (Å²) in [5, 5.41) is 3.04. The number of furan rings is 1. The van der Waals surface area contributed by atoms with Crippen molar-refractivity contribution in [2.75, 3.05) is 6.54 Å². The highest BCUT2D eigenvalue weighted by atomic mass is 32.2. The van der Waals surface area contributed by atoms with Crippen molar-refractivity contribution in [3.8, 4) is 0 Å². The van der Waals surface area contributed by atoms with Crippen molar-refractivity contribution in [3.05, 3.63) is 54.2 Å². The molecule has 1 aromatic carbocycles. The van der Waals surface area contributed by atoms with Gasteiger partial charge in [-0.2, -0.15) is 0 Å². The molecule has 3 rings (SSSR count). The second-order valence-corrected chi connectivity index (χ2v) is 10.3. The quantitative estimate of drug-likeness (QED) is 0.545. The molecule has 0 saturated heterocycles. The van der Waals surface area contributed by atoms with E-state index in [-0.39, 0.29) is 29.3 Å². The average Bonchev–Trinajstić information content (AvgIpc) is 3.46. The van der Waals surface area contributed by atoms with Crippen LogP contribution in [-0.4, -0.2) is 43.8 Å². The molecule has 0 aliphatic heterocycles. The van der Waals surface area contributed by atoms with Gasteiger partial charge < -0.3 is 14.6 Å². The van der Waals surface area contributed by atoms with Gasteiger partial charge in [-0.05, 0) is 55.2 Å². The van der Waals surface area contributed by atoms with Crippen molar-refractivity contribution in [2.24, 2.45) is 5.92 Å². The molecule has 8 nitrogen and oxygen atoms in total. The van der Waals surface area contributed by atoms with Crippen LogP contribution in [0, 0.1) is 11.7 Å². The minimum Gasteiger partial charge on any atom is -0.467 e. The molecule has 1 aliphatic rings. The van der Waals surface area contributed by atoms with Crippen LogP contribution in [0.4, 0.5) is 4.39 Å². The molecule has 1 heterocycles. The number of carbonyl (C=O) groups is 2. The highest BCUT2D eigenvalue weighted by Crippen LogP contribution is 2.21. The number of halogens is 1. The zero-order valence-corrected chi connectivity index (χ0v) is 19.6. The third-order valence-electron chi connectivity index (χ3n) is 5.70. The second-order valence-electron chi connectivity index (χ2n) is 8.56. The lowest BCUT2D eigenvalue weighted by atomic mass is 10.00. The fraction of sp³-hybridized carbons (Fsp3) is 0.478. The first-order chi connectivity index (χ1) is 15.7. The smallest absolute Gasteiger partial charge is 0.243 e. The van der Waals surface area contributed by atoms with E-state index in [1.807, 2.05) is 13.8 Å². The van der Waals surface area contributed by atoms with E-state index in [0.29, 0.717) is 5.76 Å². The van der Waals surface area contributed by atoms with Gasteiger partial charge in [-0.25, -0.2) is 17.5 Å². The van der Waals surface area contributed by atoms with E-state index in [2.05, 4.69) is 10.0 Å². The maximum absolute atomic E-state index is 13.2. The molecule has 2 aromatic rings. The number of rotatable bonds is 10. The number of benzene rings is 1. The summed E-state index contributed by atoms with van der Waals surface area (Å²) in [6.45, 7) is 3.14. The minimum absolute atomic E-state index is 0.0189. The standard InChI is InChI=1S/C23H30FN3O5S/c1-16(2)22(23(29)26-18-6-3-4-7-18)27(15-19-8-5-13-32-19)21(28)14-25-33(30,31)20-11-9-17(24)10-12-20/h5,8-13,16,18,22,25H,3-4,6-7,14-15H2,1-2H3,(H,26,29)/t22-/m0/s1. The molecular formula is C23H30FN3O5S. The highest BCUT2D eigenvalue weighted by molar-refractivity contribution is 7.89. The lowest BCUT2D eigenvalue weighted by molar-refractivity contribution is -0.142. The Bertz CT molecular complexity index is 1030. The van der Waals surface area contributed by atoms with Gasteiger partial charge in [0.1, 0.15) is 17.6 Å². The monoisotopic (exact) mass is 479 g/mol. The summed E-state index contributed by atoms with van der Waals surface area (Å²) in [5.41, 5.74) is 0. The summed E-state index contributed by atoms with van der Waals surface area (Å²) in [7, 11) is -4.04. The number of hydrogen-bond donors (Lipinski definition) is 2. The van der Waals surface area contributed by atoms with Gasteiger partial charge in [0.2, 0.25) is 21.8 Å². The fourth-order valence-electron chi connectivity index (χ4n) is 4.03. The molecule has 0 radical (unpaired) electrons. The minimum atomic E-state index is -4.04. The summed E-state index contributed by atoms with van der Waals surface area (Å²) in [6, 6.07) is 6.94. The van der Waals surface area contributed by atoms with Gasteiger partial charge in [-0.3, -0.25) is 9.59 Å². The van der Waals surface area contributed by atoms with Crippen LogP contribution in [0.2, 0.25) is 0 Å². The summed E-state index contributed by atoms with van der Waals surface area (Å²) in [4.78, 5) is 27.6. The number of hydrogen-bond acceptors (Lipinski definition) is 5. The predicted molar refractivity (Wildman–Crippen MR) is 120 cm³/mol. The van der Waals surface area contributed by atoms with Crippen molar-refractivity contribution >= 4 is 21.8 Å². The van der Waals surface area contributed by atoms with E-state index in [1.54, 1.807) is 12.1 Å². The Hall–Kier alpha value is -2.72. The molecule has 1 atom stereocenters. The summed E-state index contributed by atoms with van der Waals surface area (Å²) in [6.07, 6.45) is 5.38. The normalized spacial score (nSPS) is 15.5. The molecule has 1 fully saturated rings. The Labute approximate surface area is 193 Å². The molecule has 1 aliphatic carbocycles. The van der Waals surface area contributed by atoms with Crippen LogP contribution in [-0.2, 0) is 26.2 Å². The number of nitrogens with zero attached hydrogens (tertiary/aromatic N) is 1. The molecule has 1 aromatic heterocycles. The first kappa shape index (κ1) is 24.9. The summed E-state index contributed by atoms with van der Waals surface area (Å²) in [5.74, 6) is -1.15. The number of amides is 2. The third-order valence-corrected chi connectivity index (χ3v) is 7.12. The summed E-state index contributed by atoms with van der Waals surface area (Å²) < 4.78 is 45.9. The van der Waals surface area contributed by atoms with Crippen LogP contribution in [0.1, 0.15) is 45.3 Å². The lowest BCUT2D eigenvalue weighted by Gasteiger charge is -2.34. The molecule has 33 heavy (non-hydrogen) atoms. The molecule has 2 amide bonds. The molecular weight excluding hydrogens is 449 g/mol.